The van der Waals surface area contributed by atoms with Crippen molar-refractivity contribution in [2.75, 3.05) is 17.2 Å². The Kier molecular flexibility index (Phi) is 5.11. The average Bonchev–Trinajstić information content (AvgIpc) is 3.06. The van der Waals surface area contributed by atoms with Crippen LogP contribution in [0.4, 0.5) is 16.2 Å². The van der Waals surface area contributed by atoms with Gasteiger partial charge in [0.1, 0.15) is 5.75 Å². The van der Waals surface area contributed by atoms with Crippen molar-refractivity contribution in [1.29, 1.82) is 0 Å². The zero-order chi connectivity index (χ0) is 18.9. The van der Waals surface area contributed by atoms with E-state index in [1.807, 2.05) is 17.5 Å². The zero-order valence-corrected chi connectivity index (χ0v) is 16.3. The predicted molar refractivity (Wildman–Crippen MR) is 104 cm³/mol. The maximum Gasteiger partial charge on any atom is 0.319 e. The molecule has 0 fully saturated rings. The van der Waals surface area contributed by atoms with Crippen LogP contribution < -0.4 is 20.7 Å². The summed E-state index contributed by atoms with van der Waals surface area (Å²) in [4.78, 5) is 25.0. The van der Waals surface area contributed by atoms with E-state index in [-0.39, 0.29) is 30.0 Å². The van der Waals surface area contributed by atoms with Gasteiger partial charge in [0.25, 0.3) is 5.91 Å². The van der Waals surface area contributed by atoms with Crippen LogP contribution >= 0.6 is 22.9 Å². The maximum absolute atomic E-state index is 12.6. The van der Waals surface area contributed by atoms with Crippen LogP contribution in [-0.4, -0.2) is 18.5 Å². The molecule has 0 saturated carbocycles. The molecule has 0 radical (unpaired) electrons. The molecule has 26 heavy (non-hydrogen) atoms. The summed E-state index contributed by atoms with van der Waals surface area (Å²) in [5, 5.41) is 10.8. The smallest absolute Gasteiger partial charge is 0.319 e. The maximum atomic E-state index is 12.6. The van der Waals surface area contributed by atoms with Gasteiger partial charge in [0.15, 0.2) is 6.61 Å². The van der Waals surface area contributed by atoms with Crippen molar-refractivity contribution in [1.82, 2.24) is 5.32 Å². The van der Waals surface area contributed by atoms with Crippen molar-refractivity contribution in [2.45, 2.75) is 26.8 Å². The normalized spacial score (nSPS) is 14.7. The molecule has 138 valence electrons. The quantitative estimate of drug-likeness (QED) is 0.710. The van der Waals surface area contributed by atoms with Gasteiger partial charge in [-0.3, -0.25) is 4.79 Å². The standard InChI is InChI=1S/C18H20ClN3O3S/c1-18(2,3)16(14-5-4-6-26-14)22-17(24)21-11-8-13-12(7-10(11)19)20-15(23)9-25-13/h4-8,16H,9H2,1-3H3,(H,20,23)(H2,21,22,24)/t16-/m0/s1. The molecule has 1 atom stereocenters. The largest absolute Gasteiger partial charge is 0.482 e. The van der Waals surface area contributed by atoms with E-state index in [1.54, 1.807) is 23.5 Å². The number of carbonyl (C=O) groups excluding carboxylic acids is 2. The Balaban J connectivity index is 1.76. The molecule has 1 aliphatic rings. The zero-order valence-electron chi connectivity index (χ0n) is 14.7. The number of hydrogen-bond acceptors (Lipinski definition) is 4. The van der Waals surface area contributed by atoms with E-state index in [1.165, 1.54) is 0 Å². The van der Waals surface area contributed by atoms with Crippen LogP contribution in [0.2, 0.25) is 5.02 Å². The number of carbonyl (C=O) groups is 2. The van der Waals surface area contributed by atoms with E-state index in [0.29, 0.717) is 22.1 Å². The van der Waals surface area contributed by atoms with Crippen molar-refractivity contribution >= 4 is 46.3 Å². The lowest BCUT2D eigenvalue weighted by Gasteiger charge is -2.31. The highest BCUT2D eigenvalue weighted by Crippen LogP contribution is 2.37. The number of hydrogen-bond donors (Lipinski definition) is 3. The topological polar surface area (TPSA) is 79.5 Å². The number of halogens is 1. The first-order valence-electron chi connectivity index (χ1n) is 8.11. The Morgan fingerprint density at radius 2 is 2.15 bits per heavy atom. The number of thiophene rings is 1. The Labute approximate surface area is 160 Å². The minimum Gasteiger partial charge on any atom is -0.482 e. The number of fused-ring (bicyclic) bond motifs is 1. The van der Waals surface area contributed by atoms with Crippen LogP contribution in [0, 0.1) is 5.41 Å². The predicted octanol–water partition coefficient (Wildman–Crippen LogP) is 4.64. The van der Waals surface area contributed by atoms with Crippen LogP contribution in [0.15, 0.2) is 29.6 Å². The van der Waals surface area contributed by atoms with E-state index < -0.39 is 0 Å². The third kappa shape index (κ3) is 4.11. The van der Waals surface area contributed by atoms with Gasteiger partial charge in [-0.2, -0.15) is 0 Å². The molecule has 3 N–H and O–H groups in total. The number of benzene rings is 1. The monoisotopic (exact) mass is 393 g/mol. The average molecular weight is 394 g/mol. The molecule has 0 aliphatic carbocycles. The SMILES string of the molecule is CC(C)(C)[C@@H](NC(=O)Nc1cc2c(cc1Cl)NC(=O)CO2)c1cccs1. The summed E-state index contributed by atoms with van der Waals surface area (Å²) in [5.41, 5.74) is 0.746. The number of anilines is 2. The minimum atomic E-state index is -0.361. The van der Waals surface area contributed by atoms with E-state index in [2.05, 4.69) is 36.7 Å². The molecule has 3 amide bonds. The Bertz CT molecular complexity index is 831. The summed E-state index contributed by atoms with van der Waals surface area (Å²) in [7, 11) is 0. The fourth-order valence-electron chi connectivity index (χ4n) is 2.66. The number of urea groups is 1. The van der Waals surface area contributed by atoms with Gasteiger partial charge in [-0.1, -0.05) is 38.4 Å². The second kappa shape index (κ2) is 7.17. The first kappa shape index (κ1) is 18.5. The molecule has 2 aromatic rings. The van der Waals surface area contributed by atoms with Crippen LogP contribution in [0.5, 0.6) is 5.75 Å². The highest BCUT2D eigenvalue weighted by Gasteiger charge is 2.29. The lowest BCUT2D eigenvalue weighted by Crippen LogP contribution is -2.38. The number of amides is 3. The summed E-state index contributed by atoms with van der Waals surface area (Å²) in [6.45, 7) is 6.14. The third-order valence-corrected chi connectivity index (χ3v) is 5.17. The van der Waals surface area contributed by atoms with Crippen molar-refractivity contribution in [3.05, 3.63) is 39.5 Å². The highest BCUT2D eigenvalue weighted by atomic mass is 35.5. The second-order valence-corrected chi connectivity index (χ2v) is 8.46. The van der Waals surface area contributed by atoms with E-state index in [4.69, 9.17) is 16.3 Å². The molecule has 1 aliphatic heterocycles. The lowest BCUT2D eigenvalue weighted by molar-refractivity contribution is -0.118. The molecule has 8 heteroatoms. The summed E-state index contributed by atoms with van der Waals surface area (Å²) in [6.07, 6.45) is 0. The van der Waals surface area contributed by atoms with Crippen LogP contribution in [0.3, 0.4) is 0 Å². The van der Waals surface area contributed by atoms with Crippen molar-refractivity contribution in [3.63, 3.8) is 0 Å². The van der Waals surface area contributed by atoms with Crippen LogP contribution in [0.1, 0.15) is 31.7 Å². The molecule has 1 aromatic heterocycles. The molecule has 3 rings (SSSR count). The number of ether oxygens (including phenoxy) is 1. The molecule has 0 unspecified atom stereocenters. The third-order valence-electron chi connectivity index (χ3n) is 3.92. The van der Waals surface area contributed by atoms with Crippen LogP contribution in [-0.2, 0) is 4.79 Å². The summed E-state index contributed by atoms with van der Waals surface area (Å²) in [5.74, 6) is 0.228. The van der Waals surface area contributed by atoms with Gasteiger partial charge in [0.2, 0.25) is 0 Å². The van der Waals surface area contributed by atoms with E-state index in [0.717, 1.165) is 4.88 Å². The first-order chi connectivity index (χ1) is 12.2. The molecular weight excluding hydrogens is 374 g/mol. The number of nitrogens with one attached hydrogen (secondary N) is 3. The molecule has 6 nitrogen and oxygen atoms in total. The fourth-order valence-corrected chi connectivity index (χ4v) is 3.89. The van der Waals surface area contributed by atoms with Gasteiger partial charge in [0.05, 0.1) is 22.4 Å². The molecule has 1 aromatic carbocycles. The molecule has 2 heterocycles. The number of rotatable bonds is 3. The van der Waals surface area contributed by atoms with Gasteiger partial charge < -0.3 is 20.7 Å². The molecule has 0 saturated heterocycles. The van der Waals surface area contributed by atoms with Crippen LogP contribution in [0.25, 0.3) is 0 Å². The van der Waals surface area contributed by atoms with Gasteiger partial charge in [-0.05, 0) is 22.9 Å². The lowest BCUT2D eigenvalue weighted by atomic mass is 9.86. The Morgan fingerprint density at radius 1 is 1.38 bits per heavy atom. The Hall–Kier alpha value is -2.25. The molecular formula is C18H20ClN3O3S. The summed E-state index contributed by atoms with van der Waals surface area (Å²) in [6, 6.07) is 6.63. The fraction of sp³-hybridized carbons (Fsp3) is 0.333. The van der Waals surface area contributed by atoms with Crippen molar-refractivity contribution < 1.29 is 14.3 Å². The van der Waals surface area contributed by atoms with Crippen molar-refractivity contribution in [2.24, 2.45) is 5.41 Å². The first-order valence-corrected chi connectivity index (χ1v) is 9.37. The molecule has 0 bridgehead atoms. The van der Waals surface area contributed by atoms with Gasteiger partial charge in [-0.15, -0.1) is 11.3 Å². The summed E-state index contributed by atoms with van der Waals surface area (Å²) >= 11 is 7.83. The van der Waals surface area contributed by atoms with Crippen molar-refractivity contribution in [3.8, 4) is 5.75 Å². The Morgan fingerprint density at radius 3 is 2.81 bits per heavy atom. The highest BCUT2D eigenvalue weighted by molar-refractivity contribution is 7.10. The second-order valence-electron chi connectivity index (χ2n) is 7.08. The van der Waals surface area contributed by atoms with Gasteiger partial charge >= 0.3 is 6.03 Å². The van der Waals surface area contributed by atoms with E-state index >= 15 is 0 Å². The van der Waals surface area contributed by atoms with E-state index in [9.17, 15) is 9.59 Å². The molecule has 0 spiro atoms. The minimum absolute atomic E-state index is 0.0647. The van der Waals surface area contributed by atoms with Gasteiger partial charge in [0, 0.05) is 10.9 Å². The summed E-state index contributed by atoms with van der Waals surface area (Å²) < 4.78 is 5.37. The van der Waals surface area contributed by atoms with Gasteiger partial charge in [-0.25, -0.2) is 4.79 Å².